The number of hydrogen-bond donors (Lipinski definition) is 2. The highest BCUT2D eigenvalue weighted by molar-refractivity contribution is 5.74. The summed E-state index contributed by atoms with van der Waals surface area (Å²) in [5.41, 5.74) is 1.08. The van der Waals surface area contributed by atoms with Crippen LogP contribution in [0.1, 0.15) is 38.8 Å². The molecular formula is C17H28N4O2. The molecule has 1 aromatic heterocycles. The van der Waals surface area contributed by atoms with Gasteiger partial charge in [-0.15, -0.1) is 0 Å². The van der Waals surface area contributed by atoms with Gasteiger partial charge in [0.15, 0.2) is 0 Å². The van der Waals surface area contributed by atoms with Crippen molar-refractivity contribution in [3.63, 3.8) is 0 Å². The smallest absolute Gasteiger partial charge is 0.315 e. The number of ether oxygens (including phenoxy) is 1. The lowest BCUT2D eigenvalue weighted by Gasteiger charge is -2.35. The Balaban J connectivity index is 1.72. The lowest BCUT2D eigenvalue weighted by atomic mass is 10.1. The van der Waals surface area contributed by atoms with Crippen molar-refractivity contribution >= 4 is 6.03 Å². The van der Waals surface area contributed by atoms with Crippen LogP contribution in [0.5, 0.6) is 0 Å². The first kappa shape index (κ1) is 17.7. The molecule has 1 fully saturated rings. The highest BCUT2D eigenvalue weighted by atomic mass is 16.5. The van der Waals surface area contributed by atoms with Crippen molar-refractivity contribution in [2.45, 2.75) is 45.4 Å². The van der Waals surface area contributed by atoms with Crippen LogP contribution in [0.15, 0.2) is 24.5 Å². The maximum atomic E-state index is 12.1. The Bertz CT molecular complexity index is 473. The van der Waals surface area contributed by atoms with E-state index in [0.717, 1.165) is 31.6 Å². The highest BCUT2D eigenvalue weighted by Crippen LogP contribution is 2.14. The molecule has 2 N–H and O–H groups in total. The number of aromatic nitrogens is 1. The van der Waals surface area contributed by atoms with Crippen molar-refractivity contribution in [1.29, 1.82) is 0 Å². The number of nitrogens with zero attached hydrogens (tertiary/aromatic N) is 2. The normalized spacial score (nSPS) is 23.3. The van der Waals surface area contributed by atoms with E-state index >= 15 is 0 Å². The molecule has 1 aliphatic rings. The number of nitrogens with one attached hydrogen (secondary N) is 2. The minimum absolute atomic E-state index is 0.0152. The summed E-state index contributed by atoms with van der Waals surface area (Å²) in [5.74, 6) is 0. The number of carbonyl (C=O) groups is 1. The summed E-state index contributed by atoms with van der Waals surface area (Å²) >= 11 is 0. The van der Waals surface area contributed by atoms with Gasteiger partial charge < -0.3 is 15.4 Å². The monoisotopic (exact) mass is 320 g/mol. The van der Waals surface area contributed by atoms with Gasteiger partial charge in [-0.2, -0.15) is 0 Å². The number of morpholine rings is 1. The third-order valence-electron chi connectivity index (χ3n) is 4.03. The predicted molar refractivity (Wildman–Crippen MR) is 90.3 cm³/mol. The van der Waals surface area contributed by atoms with Crippen LogP contribution in [0.2, 0.25) is 0 Å². The van der Waals surface area contributed by atoms with E-state index in [4.69, 9.17) is 4.74 Å². The van der Waals surface area contributed by atoms with Gasteiger partial charge in [0.05, 0.1) is 18.2 Å². The molecule has 6 heteroatoms. The molecule has 0 unspecified atom stereocenters. The number of urea groups is 1. The topological polar surface area (TPSA) is 66.5 Å². The van der Waals surface area contributed by atoms with Crippen molar-refractivity contribution in [2.75, 3.05) is 26.2 Å². The van der Waals surface area contributed by atoms with Crippen molar-refractivity contribution in [3.8, 4) is 0 Å². The zero-order valence-electron chi connectivity index (χ0n) is 14.3. The minimum atomic E-state index is -0.122. The van der Waals surface area contributed by atoms with Crippen LogP contribution in [0, 0.1) is 0 Å². The summed E-state index contributed by atoms with van der Waals surface area (Å²) in [6.45, 7) is 9.55. The molecule has 0 radical (unpaired) electrons. The summed E-state index contributed by atoms with van der Waals surface area (Å²) in [7, 11) is 0. The summed E-state index contributed by atoms with van der Waals surface area (Å²) in [4.78, 5) is 18.4. The van der Waals surface area contributed by atoms with E-state index in [-0.39, 0.29) is 24.3 Å². The van der Waals surface area contributed by atoms with E-state index in [9.17, 15) is 4.79 Å². The first-order valence-corrected chi connectivity index (χ1v) is 8.40. The fraction of sp³-hybridized carbons (Fsp3) is 0.647. The van der Waals surface area contributed by atoms with Crippen LogP contribution in [0.3, 0.4) is 0 Å². The van der Waals surface area contributed by atoms with Crippen molar-refractivity contribution in [3.05, 3.63) is 30.1 Å². The molecule has 1 aliphatic heterocycles. The molecule has 2 heterocycles. The molecule has 1 saturated heterocycles. The van der Waals surface area contributed by atoms with Gasteiger partial charge in [-0.1, -0.05) is 6.92 Å². The minimum Gasteiger partial charge on any atom is -0.373 e. The van der Waals surface area contributed by atoms with Crippen LogP contribution in [-0.2, 0) is 4.74 Å². The third kappa shape index (κ3) is 5.80. The number of carbonyl (C=O) groups excluding carboxylic acids is 1. The van der Waals surface area contributed by atoms with Crippen molar-refractivity contribution in [1.82, 2.24) is 20.5 Å². The summed E-state index contributed by atoms with van der Waals surface area (Å²) in [6, 6.07) is 3.76. The van der Waals surface area contributed by atoms with Gasteiger partial charge in [-0.25, -0.2) is 4.79 Å². The van der Waals surface area contributed by atoms with E-state index in [1.807, 2.05) is 12.1 Å². The lowest BCUT2D eigenvalue weighted by molar-refractivity contribution is -0.0672. The standard InChI is InChI=1S/C17H28N4O2/c1-4-16(15-5-7-18-8-6-15)20-17(22)19-9-10-21-11-13(2)23-14(3)12-21/h5-8,13-14,16H,4,9-12H2,1-3H3,(H2,19,20,22)/t13-,14-,16+/m1/s1. The van der Waals surface area contributed by atoms with Crippen LogP contribution in [-0.4, -0.2) is 54.3 Å². The second-order valence-electron chi connectivity index (χ2n) is 6.16. The van der Waals surface area contributed by atoms with Gasteiger partial charge in [-0.3, -0.25) is 9.88 Å². The Kier molecular flexibility index (Phi) is 6.80. The third-order valence-corrected chi connectivity index (χ3v) is 4.03. The second-order valence-corrected chi connectivity index (χ2v) is 6.16. The van der Waals surface area contributed by atoms with Crippen molar-refractivity contribution in [2.24, 2.45) is 0 Å². The van der Waals surface area contributed by atoms with Gasteiger partial charge in [0.1, 0.15) is 0 Å². The highest BCUT2D eigenvalue weighted by Gasteiger charge is 2.21. The van der Waals surface area contributed by atoms with E-state index in [1.54, 1.807) is 12.4 Å². The fourth-order valence-electron chi connectivity index (χ4n) is 3.02. The Morgan fingerprint density at radius 3 is 2.61 bits per heavy atom. The maximum absolute atomic E-state index is 12.1. The fourth-order valence-corrected chi connectivity index (χ4v) is 3.02. The van der Waals surface area contributed by atoms with Crippen molar-refractivity contribution < 1.29 is 9.53 Å². The van der Waals surface area contributed by atoms with Crippen LogP contribution < -0.4 is 10.6 Å². The molecule has 0 spiro atoms. The molecule has 0 aliphatic carbocycles. The van der Waals surface area contributed by atoms with E-state index in [0.29, 0.717) is 6.54 Å². The molecule has 1 aromatic rings. The number of rotatable bonds is 6. The molecule has 2 rings (SSSR count). The Morgan fingerprint density at radius 1 is 1.35 bits per heavy atom. The molecule has 0 saturated carbocycles. The molecule has 128 valence electrons. The first-order chi connectivity index (χ1) is 11.1. The van der Waals surface area contributed by atoms with Crippen LogP contribution in [0.4, 0.5) is 4.79 Å². The zero-order valence-corrected chi connectivity index (χ0v) is 14.3. The predicted octanol–water partition coefficient (Wildman–Crippen LogP) is 1.94. The number of amides is 2. The molecule has 3 atom stereocenters. The Hall–Kier alpha value is -1.66. The molecule has 0 aromatic carbocycles. The van der Waals surface area contributed by atoms with E-state index in [2.05, 4.69) is 41.3 Å². The largest absolute Gasteiger partial charge is 0.373 e. The molecule has 23 heavy (non-hydrogen) atoms. The maximum Gasteiger partial charge on any atom is 0.315 e. The SMILES string of the molecule is CC[C@H](NC(=O)NCCN1C[C@@H](C)O[C@H](C)C1)c1ccncc1. The molecular weight excluding hydrogens is 292 g/mol. The van der Waals surface area contributed by atoms with Gasteiger partial charge in [-0.05, 0) is 38.0 Å². The molecule has 2 amide bonds. The van der Waals surface area contributed by atoms with E-state index in [1.165, 1.54) is 0 Å². The number of pyridine rings is 1. The van der Waals surface area contributed by atoms with Crippen LogP contribution >= 0.6 is 0 Å². The first-order valence-electron chi connectivity index (χ1n) is 8.40. The number of hydrogen-bond acceptors (Lipinski definition) is 4. The Labute approximate surface area is 138 Å². The summed E-state index contributed by atoms with van der Waals surface area (Å²) in [6.07, 6.45) is 4.85. The van der Waals surface area contributed by atoms with Gasteiger partial charge in [0.25, 0.3) is 0 Å². The van der Waals surface area contributed by atoms with Gasteiger partial charge in [0, 0.05) is 38.6 Å². The van der Waals surface area contributed by atoms with Gasteiger partial charge in [0.2, 0.25) is 0 Å². The molecule has 6 nitrogen and oxygen atoms in total. The molecule has 0 bridgehead atoms. The summed E-state index contributed by atoms with van der Waals surface area (Å²) < 4.78 is 5.71. The average molecular weight is 320 g/mol. The van der Waals surface area contributed by atoms with Crippen LogP contribution in [0.25, 0.3) is 0 Å². The Morgan fingerprint density at radius 2 is 2.00 bits per heavy atom. The second kappa shape index (κ2) is 8.84. The van der Waals surface area contributed by atoms with Gasteiger partial charge >= 0.3 is 6.03 Å². The average Bonchev–Trinajstić information content (AvgIpc) is 2.52. The lowest BCUT2D eigenvalue weighted by Crippen LogP contribution is -2.48. The van der Waals surface area contributed by atoms with E-state index < -0.39 is 0 Å². The quantitative estimate of drug-likeness (QED) is 0.841. The summed E-state index contributed by atoms with van der Waals surface area (Å²) in [5, 5.41) is 5.96. The zero-order chi connectivity index (χ0) is 16.7.